The van der Waals surface area contributed by atoms with E-state index in [1.807, 2.05) is 11.3 Å². The molecule has 0 bridgehead atoms. The Bertz CT molecular complexity index is 590. The van der Waals surface area contributed by atoms with Gasteiger partial charge in [-0.3, -0.25) is 4.99 Å². The second kappa shape index (κ2) is 11.9. The first-order valence-corrected chi connectivity index (χ1v) is 12.4. The van der Waals surface area contributed by atoms with E-state index in [0.29, 0.717) is 6.04 Å². The predicted molar refractivity (Wildman–Crippen MR) is 124 cm³/mol. The highest BCUT2D eigenvalue weighted by Gasteiger charge is 2.34. The second-order valence-electron chi connectivity index (χ2n) is 8.62. The van der Waals surface area contributed by atoms with Crippen molar-refractivity contribution in [3.63, 3.8) is 0 Å². The van der Waals surface area contributed by atoms with Crippen LogP contribution in [-0.2, 0) is 10.2 Å². The van der Waals surface area contributed by atoms with Gasteiger partial charge in [-0.25, -0.2) is 0 Å². The molecular weight excluding hydrogens is 380 g/mol. The lowest BCUT2D eigenvalue weighted by molar-refractivity contribution is 0.155. The molecule has 6 heteroatoms. The summed E-state index contributed by atoms with van der Waals surface area (Å²) >= 11 is 1.91. The number of nitrogens with zero attached hydrogens (tertiary/aromatic N) is 2. The van der Waals surface area contributed by atoms with Crippen molar-refractivity contribution in [3.05, 3.63) is 22.4 Å². The monoisotopic (exact) mass is 420 g/mol. The topological polar surface area (TPSA) is 48.9 Å². The minimum atomic E-state index is 0.249. The van der Waals surface area contributed by atoms with E-state index in [2.05, 4.69) is 40.0 Å². The molecule has 0 unspecified atom stereocenters. The van der Waals surface area contributed by atoms with Crippen LogP contribution in [0.5, 0.6) is 0 Å². The molecular formula is C23H40N4OS. The van der Waals surface area contributed by atoms with Crippen molar-refractivity contribution in [1.29, 1.82) is 0 Å². The Morgan fingerprint density at radius 1 is 1.28 bits per heavy atom. The number of likely N-dealkylation sites (tertiary alicyclic amines) is 1. The van der Waals surface area contributed by atoms with Gasteiger partial charge in [0, 0.05) is 56.2 Å². The number of ether oxygens (including phenoxy) is 1. The van der Waals surface area contributed by atoms with Crippen LogP contribution in [-0.4, -0.2) is 63.3 Å². The minimum Gasteiger partial charge on any atom is -0.385 e. The number of hydrogen-bond donors (Lipinski definition) is 2. The van der Waals surface area contributed by atoms with Gasteiger partial charge in [-0.2, -0.15) is 0 Å². The average Bonchev–Trinajstić information content (AvgIpc) is 3.30. The maximum absolute atomic E-state index is 5.18. The van der Waals surface area contributed by atoms with Gasteiger partial charge in [0.05, 0.1) is 6.54 Å². The van der Waals surface area contributed by atoms with Gasteiger partial charge in [-0.1, -0.05) is 25.3 Å². The standard InChI is InChI=1S/C23H40N4OS/c1-3-24-22(26-20-10-15-27(16-11-20)14-8-17-28-2)25-19-23(12-5-4-6-13-23)21-9-7-18-29-21/h7,9,18,20H,3-6,8,10-17,19H2,1-2H3,(H2,24,25,26). The summed E-state index contributed by atoms with van der Waals surface area (Å²) in [7, 11) is 1.79. The molecule has 29 heavy (non-hydrogen) atoms. The fraction of sp³-hybridized carbons (Fsp3) is 0.783. The smallest absolute Gasteiger partial charge is 0.191 e. The average molecular weight is 421 g/mol. The van der Waals surface area contributed by atoms with Crippen LogP contribution in [0.2, 0.25) is 0 Å². The highest BCUT2D eigenvalue weighted by molar-refractivity contribution is 7.10. The van der Waals surface area contributed by atoms with Gasteiger partial charge in [-0.05, 0) is 50.5 Å². The Labute approximate surface area is 181 Å². The van der Waals surface area contributed by atoms with Crippen LogP contribution in [0.1, 0.15) is 63.2 Å². The van der Waals surface area contributed by atoms with Gasteiger partial charge in [0.25, 0.3) is 0 Å². The van der Waals surface area contributed by atoms with Crippen molar-refractivity contribution in [2.75, 3.05) is 46.4 Å². The van der Waals surface area contributed by atoms with Gasteiger partial charge in [0.2, 0.25) is 0 Å². The van der Waals surface area contributed by atoms with E-state index in [1.54, 1.807) is 7.11 Å². The molecule has 2 N–H and O–H groups in total. The third-order valence-corrected chi connectivity index (χ3v) is 7.61. The summed E-state index contributed by atoms with van der Waals surface area (Å²) in [6.07, 6.45) is 10.1. The summed E-state index contributed by atoms with van der Waals surface area (Å²) in [5.41, 5.74) is 0.249. The molecule has 1 aromatic heterocycles. The zero-order valence-electron chi connectivity index (χ0n) is 18.4. The van der Waals surface area contributed by atoms with Crippen LogP contribution >= 0.6 is 11.3 Å². The Morgan fingerprint density at radius 3 is 2.72 bits per heavy atom. The Kier molecular flexibility index (Phi) is 9.28. The van der Waals surface area contributed by atoms with Crippen molar-refractivity contribution in [2.24, 2.45) is 4.99 Å². The van der Waals surface area contributed by atoms with Crippen LogP contribution in [0.3, 0.4) is 0 Å². The minimum absolute atomic E-state index is 0.249. The molecule has 2 aliphatic rings. The van der Waals surface area contributed by atoms with Crippen molar-refractivity contribution in [1.82, 2.24) is 15.5 Å². The fourth-order valence-corrected chi connectivity index (χ4v) is 5.75. The number of aliphatic imine (C=N–C) groups is 1. The molecule has 0 atom stereocenters. The molecule has 3 rings (SSSR count). The number of thiophene rings is 1. The largest absolute Gasteiger partial charge is 0.385 e. The molecule has 1 saturated carbocycles. The normalized spacial score (nSPS) is 21.2. The molecule has 0 amide bonds. The maximum atomic E-state index is 5.18. The van der Waals surface area contributed by atoms with E-state index in [0.717, 1.165) is 38.6 Å². The first kappa shape index (κ1) is 22.6. The van der Waals surface area contributed by atoms with Gasteiger partial charge < -0.3 is 20.3 Å². The van der Waals surface area contributed by atoms with Crippen molar-refractivity contribution in [3.8, 4) is 0 Å². The van der Waals surface area contributed by atoms with Crippen molar-refractivity contribution >= 4 is 17.3 Å². The third kappa shape index (κ3) is 6.69. The summed E-state index contributed by atoms with van der Waals surface area (Å²) in [6.45, 7) is 8.32. The first-order valence-electron chi connectivity index (χ1n) is 11.6. The number of nitrogens with one attached hydrogen (secondary N) is 2. The Morgan fingerprint density at radius 2 is 2.07 bits per heavy atom. The summed E-state index contributed by atoms with van der Waals surface area (Å²) in [5, 5.41) is 9.46. The molecule has 1 aliphatic heterocycles. The van der Waals surface area contributed by atoms with Gasteiger partial charge in [-0.15, -0.1) is 11.3 Å². The van der Waals surface area contributed by atoms with E-state index in [4.69, 9.17) is 9.73 Å². The van der Waals surface area contributed by atoms with Gasteiger partial charge >= 0.3 is 0 Å². The van der Waals surface area contributed by atoms with Crippen LogP contribution in [0, 0.1) is 0 Å². The van der Waals surface area contributed by atoms with Crippen molar-refractivity contribution in [2.45, 2.75) is 69.7 Å². The Hall–Kier alpha value is -1.11. The molecule has 1 aliphatic carbocycles. The number of methoxy groups -OCH3 is 1. The fourth-order valence-electron chi connectivity index (χ4n) is 4.77. The summed E-state index contributed by atoms with van der Waals surface area (Å²) in [5.74, 6) is 1.01. The maximum Gasteiger partial charge on any atom is 0.191 e. The number of guanidine groups is 1. The molecule has 1 aromatic rings. The lowest BCUT2D eigenvalue weighted by Crippen LogP contribution is -2.49. The highest BCUT2D eigenvalue weighted by atomic mass is 32.1. The van der Waals surface area contributed by atoms with E-state index in [9.17, 15) is 0 Å². The molecule has 164 valence electrons. The van der Waals surface area contributed by atoms with E-state index in [1.165, 1.54) is 62.9 Å². The van der Waals surface area contributed by atoms with E-state index < -0.39 is 0 Å². The van der Waals surface area contributed by atoms with Gasteiger partial charge in [0.1, 0.15) is 0 Å². The quantitative estimate of drug-likeness (QED) is 0.360. The van der Waals surface area contributed by atoms with Gasteiger partial charge in [0.15, 0.2) is 5.96 Å². The van der Waals surface area contributed by atoms with E-state index >= 15 is 0 Å². The molecule has 2 heterocycles. The molecule has 1 saturated heterocycles. The SMILES string of the molecule is CCNC(=NCC1(c2cccs2)CCCCC1)NC1CCN(CCCOC)CC1. The lowest BCUT2D eigenvalue weighted by atomic mass is 9.73. The summed E-state index contributed by atoms with van der Waals surface area (Å²) in [4.78, 5) is 9.20. The summed E-state index contributed by atoms with van der Waals surface area (Å²) in [6, 6.07) is 5.05. The van der Waals surface area contributed by atoms with E-state index in [-0.39, 0.29) is 5.41 Å². The number of hydrogen-bond acceptors (Lipinski definition) is 4. The molecule has 0 aromatic carbocycles. The van der Waals surface area contributed by atoms with Crippen LogP contribution in [0.15, 0.2) is 22.5 Å². The van der Waals surface area contributed by atoms with Crippen molar-refractivity contribution < 1.29 is 4.74 Å². The van der Waals surface area contributed by atoms with Crippen LogP contribution in [0.4, 0.5) is 0 Å². The Balaban J connectivity index is 1.55. The molecule has 0 spiro atoms. The molecule has 5 nitrogen and oxygen atoms in total. The second-order valence-corrected chi connectivity index (χ2v) is 9.57. The third-order valence-electron chi connectivity index (χ3n) is 6.49. The lowest BCUT2D eigenvalue weighted by Gasteiger charge is -2.36. The molecule has 0 radical (unpaired) electrons. The zero-order chi connectivity index (χ0) is 20.4. The molecule has 2 fully saturated rings. The zero-order valence-corrected chi connectivity index (χ0v) is 19.2. The predicted octanol–water partition coefficient (Wildman–Crippen LogP) is 4.01. The first-order chi connectivity index (χ1) is 14.3. The van der Waals surface area contributed by atoms with Crippen LogP contribution in [0.25, 0.3) is 0 Å². The highest BCUT2D eigenvalue weighted by Crippen LogP contribution is 2.41. The summed E-state index contributed by atoms with van der Waals surface area (Å²) < 4.78 is 5.18. The number of piperidine rings is 1. The number of rotatable bonds is 9. The van der Waals surface area contributed by atoms with Crippen LogP contribution < -0.4 is 10.6 Å².